The molecule has 0 aliphatic carbocycles. The molecule has 1 nitrogen and oxygen atoms in total. The average molecular weight is 297 g/mol. The number of anilines is 1. The van der Waals surface area contributed by atoms with Crippen molar-refractivity contribution in [1.82, 2.24) is 0 Å². The van der Waals surface area contributed by atoms with Crippen LogP contribution in [-0.4, -0.2) is 18.9 Å². The molecule has 1 aromatic carbocycles. The molecule has 0 bridgehead atoms. The molecule has 1 aromatic rings. The third-order valence-electron chi connectivity index (χ3n) is 2.03. The zero-order chi connectivity index (χ0) is 15.0. The lowest BCUT2D eigenvalue weighted by Crippen LogP contribution is -2.35. The second kappa shape index (κ2) is 5.17. The van der Waals surface area contributed by atoms with Gasteiger partial charge >= 0.3 is 12.3 Å². The van der Waals surface area contributed by atoms with Crippen molar-refractivity contribution in [2.45, 2.75) is 12.3 Å². The summed E-state index contributed by atoms with van der Waals surface area (Å²) >= 11 is 0. The lowest BCUT2D eigenvalue weighted by atomic mass is 10.2. The maximum atomic E-state index is 13.0. The van der Waals surface area contributed by atoms with Crippen molar-refractivity contribution < 1.29 is 39.5 Å². The monoisotopic (exact) mass is 297 g/mol. The summed E-state index contributed by atoms with van der Waals surface area (Å²) in [5, 5.41) is 1.09. The van der Waals surface area contributed by atoms with Gasteiger partial charge in [0.1, 0.15) is 5.69 Å². The highest BCUT2D eigenvalue weighted by Crippen LogP contribution is 2.29. The summed E-state index contributed by atoms with van der Waals surface area (Å²) in [5.74, 6) is -16.8. The van der Waals surface area contributed by atoms with Crippen LogP contribution >= 0.6 is 0 Å². The Morgan fingerprint density at radius 3 is 1.53 bits per heavy atom. The molecule has 0 aliphatic heterocycles. The predicted molar refractivity (Wildman–Crippen MR) is 45.7 cm³/mol. The van der Waals surface area contributed by atoms with E-state index >= 15 is 0 Å². The van der Waals surface area contributed by atoms with Crippen LogP contribution in [0, 0.1) is 29.1 Å². The first-order chi connectivity index (χ1) is 8.59. The molecule has 19 heavy (non-hydrogen) atoms. The number of halogens is 9. The smallest absolute Gasteiger partial charge is 0.324 e. The van der Waals surface area contributed by atoms with Gasteiger partial charge in [0, 0.05) is 0 Å². The summed E-state index contributed by atoms with van der Waals surface area (Å²) in [4.78, 5) is 0. The summed E-state index contributed by atoms with van der Waals surface area (Å²) in [6.07, 6.45) is -4.17. The summed E-state index contributed by atoms with van der Waals surface area (Å²) in [7, 11) is 0. The molecule has 10 heteroatoms. The van der Waals surface area contributed by atoms with Crippen LogP contribution in [0.2, 0.25) is 0 Å². The molecule has 1 N–H and O–H groups in total. The number of nitrogens with one attached hydrogen (secondary N) is 1. The zero-order valence-corrected chi connectivity index (χ0v) is 8.69. The maximum absolute atomic E-state index is 13.0. The number of hydrogen-bond acceptors (Lipinski definition) is 1. The Balaban J connectivity index is 3.10. The molecule has 0 amide bonds. The Labute approximate surface area is 99.6 Å². The topological polar surface area (TPSA) is 12.0 Å². The number of rotatable bonds is 4. The van der Waals surface area contributed by atoms with Crippen molar-refractivity contribution in [3.8, 4) is 0 Å². The molecular weight excluding hydrogens is 293 g/mol. The quantitative estimate of drug-likeness (QED) is 0.508. The maximum Gasteiger partial charge on any atom is 0.324 e. The summed E-state index contributed by atoms with van der Waals surface area (Å²) in [6, 6.07) is 0. The van der Waals surface area contributed by atoms with Crippen LogP contribution in [0.1, 0.15) is 0 Å². The van der Waals surface area contributed by atoms with Crippen LogP contribution in [0.5, 0.6) is 0 Å². The standard InChI is InChI=1S/C9H4F9N/c10-2-3(11)5(13)7(6(14)4(2)12)19-1-9(17,18)8(15)16/h8,19H,1H2. The van der Waals surface area contributed by atoms with Gasteiger partial charge < -0.3 is 5.32 Å². The van der Waals surface area contributed by atoms with Crippen LogP contribution in [-0.2, 0) is 0 Å². The highest BCUT2D eigenvalue weighted by Gasteiger charge is 2.41. The van der Waals surface area contributed by atoms with Crippen molar-refractivity contribution in [3.63, 3.8) is 0 Å². The average Bonchev–Trinajstić information content (AvgIpc) is 2.33. The fraction of sp³-hybridized carbons (Fsp3) is 0.333. The van der Waals surface area contributed by atoms with E-state index in [2.05, 4.69) is 0 Å². The normalized spacial score (nSPS) is 12.1. The first-order valence-electron chi connectivity index (χ1n) is 4.51. The van der Waals surface area contributed by atoms with Gasteiger partial charge in [-0.25, -0.2) is 30.7 Å². The van der Waals surface area contributed by atoms with Gasteiger partial charge in [0.2, 0.25) is 5.82 Å². The molecule has 1 rings (SSSR count). The minimum absolute atomic E-state index is 1.09. The van der Waals surface area contributed by atoms with Gasteiger partial charge in [-0.1, -0.05) is 0 Å². The lowest BCUT2D eigenvalue weighted by molar-refractivity contribution is -0.117. The third-order valence-corrected chi connectivity index (χ3v) is 2.03. The third kappa shape index (κ3) is 2.87. The van der Waals surface area contributed by atoms with E-state index < -0.39 is 53.7 Å². The Morgan fingerprint density at radius 1 is 0.789 bits per heavy atom. The van der Waals surface area contributed by atoms with Crippen LogP contribution in [0.4, 0.5) is 45.2 Å². The van der Waals surface area contributed by atoms with E-state index in [0.717, 1.165) is 5.32 Å². The van der Waals surface area contributed by atoms with E-state index in [1.807, 2.05) is 0 Å². The molecule has 0 aliphatic rings. The summed E-state index contributed by atoms with van der Waals surface area (Å²) in [5.41, 5.74) is -1.79. The van der Waals surface area contributed by atoms with Gasteiger partial charge in [0.25, 0.3) is 0 Å². The van der Waals surface area contributed by atoms with Crippen LogP contribution in [0.15, 0.2) is 0 Å². The van der Waals surface area contributed by atoms with Crippen LogP contribution < -0.4 is 5.32 Å². The lowest BCUT2D eigenvalue weighted by Gasteiger charge is -2.17. The van der Waals surface area contributed by atoms with Crippen molar-refractivity contribution in [3.05, 3.63) is 29.1 Å². The Morgan fingerprint density at radius 2 is 1.16 bits per heavy atom. The summed E-state index contributed by atoms with van der Waals surface area (Å²) in [6.45, 7) is -2.00. The number of hydrogen-bond donors (Lipinski definition) is 1. The number of alkyl halides is 4. The highest BCUT2D eigenvalue weighted by molar-refractivity contribution is 5.48. The van der Waals surface area contributed by atoms with Gasteiger partial charge in [-0.05, 0) is 0 Å². The van der Waals surface area contributed by atoms with E-state index in [1.54, 1.807) is 0 Å². The van der Waals surface area contributed by atoms with E-state index in [1.165, 1.54) is 0 Å². The molecule has 0 spiro atoms. The van der Waals surface area contributed by atoms with E-state index in [9.17, 15) is 39.5 Å². The fourth-order valence-corrected chi connectivity index (χ4v) is 1.04. The molecule has 0 saturated heterocycles. The number of benzene rings is 1. The Hall–Kier alpha value is -1.61. The molecular formula is C9H4F9N. The van der Waals surface area contributed by atoms with Gasteiger partial charge in [0.05, 0.1) is 6.54 Å². The summed E-state index contributed by atoms with van der Waals surface area (Å²) < 4.78 is 112. The predicted octanol–water partition coefficient (Wildman–Crippen LogP) is 3.69. The molecule has 0 atom stereocenters. The highest BCUT2D eigenvalue weighted by atomic mass is 19.3. The Bertz CT molecular complexity index is 456. The molecule has 0 fully saturated rings. The zero-order valence-electron chi connectivity index (χ0n) is 8.69. The van der Waals surface area contributed by atoms with Crippen LogP contribution in [0.3, 0.4) is 0 Å². The van der Waals surface area contributed by atoms with Crippen molar-refractivity contribution in [2.75, 3.05) is 11.9 Å². The minimum atomic E-state index is -4.69. The largest absolute Gasteiger partial charge is 0.374 e. The first kappa shape index (κ1) is 15.4. The fourth-order valence-electron chi connectivity index (χ4n) is 1.04. The van der Waals surface area contributed by atoms with Crippen molar-refractivity contribution in [2.24, 2.45) is 0 Å². The molecule has 0 saturated carbocycles. The van der Waals surface area contributed by atoms with E-state index in [-0.39, 0.29) is 0 Å². The van der Waals surface area contributed by atoms with Gasteiger partial charge in [-0.2, -0.15) is 8.78 Å². The minimum Gasteiger partial charge on any atom is -0.374 e. The SMILES string of the molecule is Fc1c(F)c(F)c(NCC(F)(F)C(F)F)c(F)c1F. The molecule has 0 unspecified atom stereocenters. The Kier molecular flexibility index (Phi) is 4.21. The van der Waals surface area contributed by atoms with Crippen molar-refractivity contribution >= 4 is 5.69 Å². The van der Waals surface area contributed by atoms with Gasteiger partial charge in [0.15, 0.2) is 23.3 Å². The second-order valence-corrected chi connectivity index (χ2v) is 3.36. The van der Waals surface area contributed by atoms with Gasteiger partial charge in [-0.15, -0.1) is 0 Å². The second-order valence-electron chi connectivity index (χ2n) is 3.36. The molecule has 0 aromatic heterocycles. The van der Waals surface area contributed by atoms with E-state index in [4.69, 9.17) is 0 Å². The van der Waals surface area contributed by atoms with Crippen LogP contribution in [0.25, 0.3) is 0 Å². The molecule has 0 heterocycles. The molecule has 0 radical (unpaired) electrons. The van der Waals surface area contributed by atoms with E-state index in [0.29, 0.717) is 0 Å². The van der Waals surface area contributed by atoms with Gasteiger partial charge in [-0.3, -0.25) is 0 Å². The first-order valence-corrected chi connectivity index (χ1v) is 4.51. The molecule has 108 valence electrons. The van der Waals surface area contributed by atoms with Crippen molar-refractivity contribution in [1.29, 1.82) is 0 Å².